The van der Waals surface area contributed by atoms with Crippen LogP contribution >= 0.6 is 11.6 Å². The third-order valence-corrected chi connectivity index (χ3v) is 5.86. The molecule has 1 fully saturated rings. The Bertz CT molecular complexity index is 844. The Morgan fingerprint density at radius 2 is 1.96 bits per heavy atom. The van der Waals surface area contributed by atoms with Crippen LogP contribution in [0.1, 0.15) is 19.3 Å². The van der Waals surface area contributed by atoms with E-state index >= 15 is 0 Å². The van der Waals surface area contributed by atoms with Crippen molar-refractivity contribution in [3.63, 3.8) is 0 Å². The van der Waals surface area contributed by atoms with Gasteiger partial charge in [-0.2, -0.15) is 4.31 Å². The minimum atomic E-state index is -3.60. The van der Waals surface area contributed by atoms with Crippen LogP contribution in [0.2, 0.25) is 5.02 Å². The predicted octanol–water partition coefficient (Wildman–Crippen LogP) is 1.74. The lowest BCUT2D eigenvalue weighted by Gasteiger charge is -2.24. The second kappa shape index (κ2) is 7.51. The first-order valence-corrected chi connectivity index (χ1v) is 9.70. The number of carbonyl (C=O) groups is 1. The molecule has 10 heteroatoms. The summed E-state index contributed by atoms with van der Waals surface area (Å²) in [5.41, 5.74) is 0. The topological polar surface area (TPSA) is 97.2 Å². The van der Waals surface area contributed by atoms with E-state index < -0.39 is 10.0 Å². The minimum absolute atomic E-state index is 0.0354. The molecule has 0 aromatic carbocycles. The van der Waals surface area contributed by atoms with Crippen molar-refractivity contribution >= 4 is 33.3 Å². The van der Waals surface area contributed by atoms with Crippen LogP contribution < -0.4 is 5.32 Å². The van der Waals surface area contributed by atoms with Crippen LogP contribution in [-0.2, 0) is 21.4 Å². The molecule has 2 aromatic heterocycles. The molecule has 0 radical (unpaired) electrons. The Morgan fingerprint density at radius 3 is 2.64 bits per heavy atom. The van der Waals surface area contributed by atoms with Gasteiger partial charge in [-0.3, -0.25) is 4.79 Å². The molecule has 0 saturated carbocycles. The maximum absolute atomic E-state index is 12.5. The molecule has 1 aliphatic rings. The highest BCUT2D eigenvalue weighted by molar-refractivity contribution is 7.89. The molecule has 0 aliphatic carbocycles. The van der Waals surface area contributed by atoms with Crippen LogP contribution in [0.4, 0.5) is 5.82 Å². The summed E-state index contributed by atoms with van der Waals surface area (Å²) in [7, 11) is -3.60. The maximum atomic E-state index is 12.5. The lowest BCUT2D eigenvalue weighted by molar-refractivity contribution is -0.116. The number of halogens is 1. The van der Waals surface area contributed by atoms with E-state index in [-0.39, 0.29) is 17.5 Å². The van der Waals surface area contributed by atoms with Crippen LogP contribution in [0.5, 0.6) is 0 Å². The van der Waals surface area contributed by atoms with Gasteiger partial charge < -0.3 is 9.88 Å². The molecular weight excluding hydrogens is 366 g/mol. The number of nitrogens with one attached hydrogen (secondary N) is 1. The number of hydrogen-bond donors (Lipinski definition) is 1. The second-order valence-electron chi connectivity index (χ2n) is 5.76. The molecule has 1 aliphatic heterocycles. The first-order valence-electron chi connectivity index (χ1n) is 7.88. The van der Waals surface area contributed by atoms with Gasteiger partial charge in [0.2, 0.25) is 5.91 Å². The zero-order valence-corrected chi connectivity index (χ0v) is 15.0. The van der Waals surface area contributed by atoms with Gasteiger partial charge in [-0.1, -0.05) is 18.0 Å². The van der Waals surface area contributed by atoms with Crippen molar-refractivity contribution in [2.75, 3.05) is 18.4 Å². The maximum Gasteiger partial charge on any atom is 0.262 e. The number of carbonyl (C=O) groups excluding carboxylic acids is 1. The lowest BCUT2D eigenvalue weighted by Crippen LogP contribution is -2.35. The molecule has 3 rings (SSSR count). The van der Waals surface area contributed by atoms with Gasteiger partial charge in [-0.25, -0.2) is 18.4 Å². The van der Waals surface area contributed by atoms with Crippen LogP contribution in [0.25, 0.3) is 0 Å². The Morgan fingerprint density at radius 1 is 1.20 bits per heavy atom. The molecule has 25 heavy (non-hydrogen) atoms. The fraction of sp³-hybridized carbons (Fsp3) is 0.400. The van der Waals surface area contributed by atoms with E-state index in [2.05, 4.69) is 15.3 Å². The molecule has 0 bridgehead atoms. The van der Waals surface area contributed by atoms with Gasteiger partial charge >= 0.3 is 0 Å². The molecule has 134 valence electrons. The minimum Gasteiger partial charge on any atom is -0.327 e. The molecule has 3 heterocycles. The molecule has 1 N–H and O–H groups in total. The lowest BCUT2D eigenvalue weighted by atomic mass is 10.2. The van der Waals surface area contributed by atoms with Crippen molar-refractivity contribution < 1.29 is 13.2 Å². The third kappa shape index (κ3) is 4.36. The van der Waals surface area contributed by atoms with Crippen molar-refractivity contribution in [3.05, 3.63) is 35.9 Å². The normalized spacial score (nSPS) is 15.9. The predicted molar refractivity (Wildman–Crippen MR) is 92.7 cm³/mol. The van der Waals surface area contributed by atoms with Gasteiger partial charge in [0, 0.05) is 25.5 Å². The number of nitrogens with zero attached hydrogens (tertiary/aromatic N) is 4. The van der Waals surface area contributed by atoms with Crippen molar-refractivity contribution in [2.24, 2.45) is 0 Å². The van der Waals surface area contributed by atoms with Gasteiger partial charge in [0.05, 0.1) is 11.3 Å². The molecule has 8 nitrogen and oxygen atoms in total. The Balaban J connectivity index is 1.64. The zero-order chi connectivity index (χ0) is 17.9. The van der Waals surface area contributed by atoms with Gasteiger partial charge in [0.1, 0.15) is 12.4 Å². The number of aromatic nitrogens is 3. The Hall–Kier alpha value is -1.97. The fourth-order valence-corrected chi connectivity index (χ4v) is 4.16. The third-order valence-electron chi connectivity index (χ3n) is 3.85. The highest BCUT2D eigenvalue weighted by Gasteiger charge is 2.28. The van der Waals surface area contributed by atoms with Gasteiger partial charge in [-0.05, 0) is 25.0 Å². The molecular formula is C15H18ClN5O3S. The fourth-order valence-electron chi connectivity index (χ4n) is 2.59. The number of imidazole rings is 1. The summed E-state index contributed by atoms with van der Waals surface area (Å²) in [5.74, 6) is 0.0322. The van der Waals surface area contributed by atoms with Crippen LogP contribution in [0, 0.1) is 0 Å². The summed E-state index contributed by atoms with van der Waals surface area (Å²) in [5, 5.41) is 3.05. The smallest absolute Gasteiger partial charge is 0.262 e. The van der Waals surface area contributed by atoms with Crippen LogP contribution in [0.15, 0.2) is 35.9 Å². The zero-order valence-electron chi connectivity index (χ0n) is 13.4. The van der Waals surface area contributed by atoms with E-state index in [9.17, 15) is 13.2 Å². The summed E-state index contributed by atoms with van der Waals surface area (Å²) < 4.78 is 28.0. The van der Waals surface area contributed by atoms with Crippen LogP contribution in [0.3, 0.4) is 0 Å². The number of rotatable bonds is 5. The average Bonchev–Trinajstić information content (AvgIpc) is 3.07. The summed E-state index contributed by atoms with van der Waals surface area (Å²) >= 11 is 5.74. The summed E-state index contributed by atoms with van der Waals surface area (Å²) in [6, 6.07) is 3.20. The molecule has 0 spiro atoms. The summed E-state index contributed by atoms with van der Waals surface area (Å²) in [4.78, 5) is 20.0. The van der Waals surface area contributed by atoms with E-state index in [0.717, 1.165) is 19.3 Å². The van der Waals surface area contributed by atoms with E-state index in [1.165, 1.54) is 27.6 Å². The van der Waals surface area contributed by atoms with E-state index in [4.69, 9.17) is 11.6 Å². The molecule has 1 saturated heterocycles. The number of anilines is 1. The van der Waals surface area contributed by atoms with Crippen molar-refractivity contribution in [3.8, 4) is 0 Å². The molecule has 1 amide bonds. The van der Waals surface area contributed by atoms with E-state index in [0.29, 0.717) is 23.9 Å². The SMILES string of the molecule is O=C(Cn1cnc(S(=O)(=O)N2CCCCC2)c1)Nc1ccc(Cl)cn1. The highest BCUT2D eigenvalue weighted by atomic mass is 35.5. The standard InChI is InChI=1S/C15H18ClN5O3S/c16-12-4-5-13(17-8-12)19-14(22)9-20-10-15(18-11-20)25(23,24)21-6-2-1-3-7-21/h4-5,8,10-11H,1-3,6-7,9H2,(H,17,19,22). The monoisotopic (exact) mass is 383 g/mol. The number of hydrogen-bond acceptors (Lipinski definition) is 5. The average molecular weight is 384 g/mol. The summed E-state index contributed by atoms with van der Waals surface area (Å²) in [6.45, 7) is 0.961. The summed E-state index contributed by atoms with van der Waals surface area (Å²) in [6.07, 6.45) is 6.90. The van der Waals surface area contributed by atoms with E-state index in [1.807, 2.05) is 0 Å². The van der Waals surface area contributed by atoms with Crippen molar-refractivity contribution in [2.45, 2.75) is 30.8 Å². The number of pyridine rings is 1. The molecule has 0 atom stereocenters. The number of piperidine rings is 1. The van der Waals surface area contributed by atoms with E-state index in [1.54, 1.807) is 12.1 Å². The number of amides is 1. The first-order chi connectivity index (χ1) is 11.9. The Labute approximate surface area is 150 Å². The quantitative estimate of drug-likeness (QED) is 0.848. The van der Waals surface area contributed by atoms with Crippen LogP contribution in [-0.4, -0.2) is 46.3 Å². The van der Waals surface area contributed by atoms with Gasteiger partial charge in [0.25, 0.3) is 10.0 Å². The second-order valence-corrected chi connectivity index (χ2v) is 8.08. The Kier molecular flexibility index (Phi) is 5.36. The largest absolute Gasteiger partial charge is 0.327 e. The number of sulfonamides is 1. The highest BCUT2D eigenvalue weighted by Crippen LogP contribution is 2.19. The molecule has 2 aromatic rings. The molecule has 0 unspecified atom stereocenters. The van der Waals surface area contributed by atoms with Gasteiger partial charge in [-0.15, -0.1) is 0 Å². The van der Waals surface area contributed by atoms with Crippen molar-refractivity contribution in [1.29, 1.82) is 0 Å². The van der Waals surface area contributed by atoms with Crippen molar-refractivity contribution in [1.82, 2.24) is 18.8 Å². The first kappa shape index (κ1) is 17.8. The van der Waals surface area contributed by atoms with Gasteiger partial charge in [0.15, 0.2) is 5.03 Å².